The number of hydrogen-bond acceptors (Lipinski definition) is 1. The van der Waals surface area contributed by atoms with Gasteiger partial charge in [0.25, 0.3) is 0 Å². The summed E-state index contributed by atoms with van der Waals surface area (Å²) in [4.78, 5) is 11.3. The Labute approximate surface area is 77.4 Å². The minimum Gasteiger partial charge on any atom is -0.293 e. The summed E-state index contributed by atoms with van der Waals surface area (Å²) in [7, 11) is 0. The number of halogens is 1. The highest BCUT2D eigenvalue weighted by atomic mass is 35.5. The molecule has 0 N–H and O–H groups in total. The molecule has 12 heavy (non-hydrogen) atoms. The third-order valence-electron chi connectivity index (χ3n) is 1.88. The number of aryl methyl sites for hydroxylation is 2. The summed E-state index contributed by atoms with van der Waals surface area (Å²) in [5.74, 6) is 0.0679. The first-order valence-electron chi connectivity index (χ1n) is 3.82. The lowest BCUT2D eigenvalue weighted by atomic mass is 10.0. The highest BCUT2D eigenvalue weighted by Crippen LogP contribution is 2.14. The van der Waals surface area contributed by atoms with Gasteiger partial charge in [-0.05, 0) is 25.0 Å². The molecule has 0 atom stereocenters. The SMILES string of the molecule is Cc1cccc(C)c1C(=O)CCl. The van der Waals surface area contributed by atoms with Crippen LogP contribution in [0.4, 0.5) is 0 Å². The Balaban J connectivity index is 3.21. The Kier molecular flexibility index (Phi) is 2.88. The van der Waals surface area contributed by atoms with Crippen molar-refractivity contribution in [3.05, 3.63) is 34.9 Å². The Morgan fingerprint density at radius 1 is 1.33 bits per heavy atom. The summed E-state index contributed by atoms with van der Waals surface area (Å²) >= 11 is 5.48. The Hall–Kier alpha value is -0.820. The van der Waals surface area contributed by atoms with Crippen molar-refractivity contribution in [3.63, 3.8) is 0 Å². The van der Waals surface area contributed by atoms with Crippen LogP contribution in [0, 0.1) is 13.8 Å². The van der Waals surface area contributed by atoms with E-state index in [1.807, 2.05) is 32.0 Å². The molecule has 0 amide bonds. The van der Waals surface area contributed by atoms with Crippen LogP contribution in [0.25, 0.3) is 0 Å². The van der Waals surface area contributed by atoms with Gasteiger partial charge in [-0.15, -0.1) is 11.6 Å². The molecule has 0 bridgehead atoms. The first kappa shape index (κ1) is 9.27. The lowest BCUT2D eigenvalue weighted by Gasteiger charge is -2.05. The van der Waals surface area contributed by atoms with Gasteiger partial charge in [-0.3, -0.25) is 4.79 Å². The van der Waals surface area contributed by atoms with Crippen LogP contribution in [0.5, 0.6) is 0 Å². The zero-order chi connectivity index (χ0) is 9.14. The van der Waals surface area contributed by atoms with E-state index >= 15 is 0 Å². The van der Waals surface area contributed by atoms with Gasteiger partial charge in [0.15, 0.2) is 5.78 Å². The van der Waals surface area contributed by atoms with E-state index < -0.39 is 0 Å². The van der Waals surface area contributed by atoms with Crippen molar-refractivity contribution in [2.75, 3.05) is 5.88 Å². The molecule has 1 aromatic rings. The van der Waals surface area contributed by atoms with Crippen molar-refractivity contribution in [1.29, 1.82) is 0 Å². The minimum absolute atomic E-state index is 0.00673. The predicted octanol–water partition coefficient (Wildman–Crippen LogP) is 2.72. The number of carbonyl (C=O) groups excluding carboxylic acids is 1. The molecule has 0 aliphatic heterocycles. The number of alkyl halides is 1. The molecule has 64 valence electrons. The summed E-state index contributed by atoms with van der Waals surface area (Å²) < 4.78 is 0. The van der Waals surface area contributed by atoms with Crippen LogP contribution in [0.3, 0.4) is 0 Å². The summed E-state index contributed by atoms with van der Waals surface area (Å²) in [6, 6.07) is 5.79. The van der Waals surface area contributed by atoms with E-state index in [9.17, 15) is 4.79 Å². The zero-order valence-corrected chi connectivity index (χ0v) is 7.98. The Morgan fingerprint density at radius 2 is 1.83 bits per heavy atom. The molecule has 1 rings (SSSR count). The van der Waals surface area contributed by atoms with Crippen molar-refractivity contribution in [2.24, 2.45) is 0 Å². The highest BCUT2D eigenvalue weighted by Gasteiger charge is 2.09. The smallest absolute Gasteiger partial charge is 0.178 e. The van der Waals surface area contributed by atoms with E-state index in [-0.39, 0.29) is 11.7 Å². The quantitative estimate of drug-likeness (QED) is 0.508. The molecular formula is C10H11ClO. The molecule has 0 unspecified atom stereocenters. The van der Waals surface area contributed by atoms with Gasteiger partial charge in [-0.1, -0.05) is 18.2 Å². The maximum atomic E-state index is 11.3. The van der Waals surface area contributed by atoms with Gasteiger partial charge in [-0.2, -0.15) is 0 Å². The average molecular weight is 183 g/mol. The maximum absolute atomic E-state index is 11.3. The summed E-state index contributed by atoms with van der Waals surface area (Å²) in [5, 5.41) is 0. The van der Waals surface area contributed by atoms with Crippen molar-refractivity contribution in [2.45, 2.75) is 13.8 Å². The number of rotatable bonds is 2. The minimum atomic E-state index is 0.00673. The number of benzene rings is 1. The number of ketones is 1. The van der Waals surface area contributed by atoms with E-state index in [2.05, 4.69) is 0 Å². The largest absolute Gasteiger partial charge is 0.293 e. The summed E-state index contributed by atoms with van der Waals surface area (Å²) in [6.07, 6.45) is 0. The molecule has 0 aliphatic rings. The lowest BCUT2D eigenvalue weighted by Crippen LogP contribution is -2.05. The lowest BCUT2D eigenvalue weighted by molar-refractivity contribution is 0.102. The second-order valence-electron chi connectivity index (χ2n) is 2.82. The highest BCUT2D eigenvalue weighted by molar-refractivity contribution is 6.30. The van der Waals surface area contributed by atoms with Crippen LogP contribution in [-0.4, -0.2) is 11.7 Å². The van der Waals surface area contributed by atoms with Gasteiger partial charge in [0, 0.05) is 5.56 Å². The first-order valence-corrected chi connectivity index (χ1v) is 4.35. The van der Waals surface area contributed by atoms with Crippen molar-refractivity contribution >= 4 is 17.4 Å². The van der Waals surface area contributed by atoms with E-state index in [4.69, 9.17) is 11.6 Å². The fourth-order valence-corrected chi connectivity index (χ4v) is 1.45. The third kappa shape index (κ3) is 1.67. The molecule has 0 radical (unpaired) electrons. The second-order valence-corrected chi connectivity index (χ2v) is 3.09. The molecule has 0 saturated heterocycles. The molecule has 2 heteroatoms. The topological polar surface area (TPSA) is 17.1 Å². The number of Topliss-reactive ketones (excluding diaryl/α,β-unsaturated/α-hetero) is 1. The fraction of sp³-hybridized carbons (Fsp3) is 0.300. The van der Waals surface area contributed by atoms with Gasteiger partial charge < -0.3 is 0 Å². The second kappa shape index (κ2) is 3.72. The molecule has 0 heterocycles. The van der Waals surface area contributed by atoms with Gasteiger partial charge in [0.1, 0.15) is 0 Å². The molecule has 0 saturated carbocycles. The van der Waals surface area contributed by atoms with Crippen molar-refractivity contribution in [3.8, 4) is 0 Å². The fourth-order valence-electron chi connectivity index (χ4n) is 1.32. The van der Waals surface area contributed by atoms with Crippen LogP contribution in [0.1, 0.15) is 21.5 Å². The molecule has 0 spiro atoms. The van der Waals surface area contributed by atoms with Gasteiger partial charge in [0.2, 0.25) is 0 Å². The zero-order valence-electron chi connectivity index (χ0n) is 7.23. The van der Waals surface area contributed by atoms with Crippen molar-refractivity contribution < 1.29 is 4.79 Å². The molecule has 0 aromatic heterocycles. The Morgan fingerprint density at radius 3 is 2.25 bits per heavy atom. The van der Waals surface area contributed by atoms with E-state index in [0.29, 0.717) is 0 Å². The van der Waals surface area contributed by atoms with Crippen LogP contribution in [-0.2, 0) is 0 Å². The first-order chi connectivity index (χ1) is 5.66. The van der Waals surface area contributed by atoms with Crippen LogP contribution < -0.4 is 0 Å². The standard InChI is InChI=1S/C10H11ClO/c1-7-4-3-5-8(2)10(7)9(12)6-11/h3-5H,6H2,1-2H3. The number of hydrogen-bond donors (Lipinski definition) is 0. The average Bonchev–Trinajstić information content (AvgIpc) is 2.03. The predicted molar refractivity (Wildman–Crippen MR) is 51.0 cm³/mol. The van der Waals surface area contributed by atoms with E-state index in [1.54, 1.807) is 0 Å². The number of carbonyl (C=O) groups is 1. The van der Waals surface area contributed by atoms with Gasteiger partial charge in [0.05, 0.1) is 5.88 Å². The third-order valence-corrected chi connectivity index (χ3v) is 2.12. The van der Waals surface area contributed by atoms with Gasteiger partial charge in [-0.25, -0.2) is 0 Å². The van der Waals surface area contributed by atoms with E-state index in [1.165, 1.54) is 0 Å². The molecule has 0 aliphatic carbocycles. The van der Waals surface area contributed by atoms with Gasteiger partial charge >= 0.3 is 0 Å². The van der Waals surface area contributed by atoms with Crippen LogP contribution >= 0.6 is 11.6 Å². The normalized spacial score (nSPS) is 9.92. The molecule has 0 fully saturated rings. The monoisotopic (exact) mass is 182 g/mol. The van der Waals surface area contributed by atoms with Crippen LogP contribution in [0.15, 0.2) is 18.2 Å². The maximum Gasteiger partial charge on any atom is 0.178 e. The summed E-state index contributed by atoms with van der Waals surface area (Å²) in [5.41, 5.74) is 2.77. The van der Waals surface area contributed by atoms with Crippen molar-refractivity contribution in [1.82, 2.24) is 0 Å². The molecule has 1 nitrogen and oxygen atoms in total. The summed E-state index contributed by atoms with van der Waals surface area (Å²) in [6.45, 7) is 3.85. The Bertz CT molecular complexity index is 284. The van der Waals surface area contributed by atoms with E-state index in [0.717, 1.165) is 16.7 Å². The molecular weight excluding hydrogens is 172 g/mol. The molecule has 1 aromatic carbocycles. The van der Waals surface area contributed by atoms with Crippen LogP contribution in [0.2, 0.25) is 0 Å².